The molecular formula is C12H7I2N. The molecule has 0 atom stereocenters. The average Bonchev–Trinajstić information content (AvgIpc) is 2.51. The Morgan fingerprint density at radius 1 is 0.933 bits per heavy atom. The smallest absolute Gasteiger partial charge is 0.124 e. The fraction of sp³-hybridized carbons (Fsp3) is 0.0833. The molecule has 0 fully saturated rings. The fourth-order valence-corrected chi connectivity index (χ4v) is 3.90. The summed E-state index contributed by atoms with van der Waals surface area (Å²) >= 11 is 5.02. The van der Waals surface area contributed by atoms with Crippen molar-refractivity contribution in [3.8, 4) is 11.1 Å². The van der Waals surface area contributed by atoms with E-state index >= 15 is 0 Å². The third kappa shape index (κ3) is 1.35. The minimum absolute atomic E-state index is 0.0599. The van der Waals surface area contributed by atoms with Crippen molar-refractivity contribution in [3.05, 3.63) is 53.9 Å². The minimum Gasteiger partial charge on any atom is -0.264 e. The molecule has 15 heavy (non-hydrogen) atoms. The molecule has 1 aromatic heterocycles. The van der Waals surface area contributed by atoms with Crippen molar-refractivity contribution in [2.45, 2.75) is 1.43 Å². The number of hydrogen-bond acceptors (Lipinski definition) is 1. The van der Waals surface area contributed by atoms with E-state index < -0.39 is 0 Å². The number of halogens is 2. The highest BCUT2D eigenvalue weighted by Gasteiger charge is 2.38. The Hall–Kier alpha value is -0.170. The van der Waals surface area contributed by atoms with Gasteiger partial charge in [-0.25, -0.2) is 0 Å². The van der Waals surface area contributed by atoms with Crippen LogP contribution in [0.15, 0.2) is 42.7 Å². The van der Waals surface area contributed by atoms with Crippen LogP contribution in [0.5, 0.6) is 0 Å². The highest BCUT2D eigenvalue weighted by atomic mass is 127. The molecule has 0 amide bonds. The summed E-state index contributed by atoms with van der Waals surface area (Å²) in [7, 11) is 0. The van der Waals surface area contributed by atoms with Crippen molar-refractivity contribution >= 4 is 45.2 Å². The normalized spacial score (nSPS) is 15.9. The first-order chi connectivity index (χ1) is 7.21. The second kappa shape index (κ2) is 3.41. The highest BCUT2D eigenvalue weighted by molar-refractivity contribution is 14.2. The predicted molar refractivity (Wildman–Crippen MR) is 78.5 cm³/mol. The van der Waals surface area contributed by atoms with E-state index in [1.807, 2.05) is 12.4 Å². The van der Waals surface area contributed by atoms with Gasteiger partial charge in [-0.1, -0.05) is 69.4 Å². The summed E-state index contributed by atoms with van der Waals surface area (Å²) in [6.45, 7) is 0. The number of hydrogen-bond donors (Lipinski definition) is 0. The van der Waals surface area contributed by atoms with Crippen molar-refractivity contribution in [2.24, 2.45) is 0 Å². The van der Waals surface area contributed by atoms with Gasteiger partial charge in [-0.2, -0.15) is 0 Å². The Morgan fingerprint density at radius 2 is 1.67 bits per heavy atom. The molecule has 0 saturated carbocycles. The molecular weight excluding hydrogens is 412 g/mol. The van der Waals surface area contributed by atoms with Crippen LogP contribution in [0, 0.1) is 0 Å². The number of fused-ring (bicyclic) bond motifs is 3. The molecule has 0 saturated heterocycles. The Bertz CT molecular complexity index is 487. The van der Waals surface area contributed by atoms with Gasteiger partial charge in [-0.15, -0.1) is 0 Å². The number of benzene rings is 1. The number of pyridine rings is 1. The maximum absolute atomic E-state index is 4.21. The lowest BCUT2D eigenvalue weighted by Crippen LogP contribution is -2.05. The first kappa shape index (κ1) is 10.0. The molecule has 3 heteroatoms. The predicted octanol–water partition coefficient (Wildman–Crippen LogP) is 4.13. The Kier molecular flexibility index (Phi) is 2.28. The zero-order chi connectivity index (χ0) is 10.5. The summed E-state index contributed by atoms with van der Waals surface area (Å²) in [4.78, 5) is 4.21. The zero-order valence-electron chi connectivity index (χ0n) is 7.74. The third-order valence-electron chi connectivity index (χ3n) is 2.71. The molecule has 0 bridgehead atoms. The third-order valence-corrected chi connectivity index (χ3v) is 5.04. The monoisotopic (exact) mass is 419 g/mol. The quantitative estimate of drug-likeness (QED) is 0.463. The maximum Gasteiger partial charge on any atom is 0.124 e. The lowest BCUT2D eigenvalue weighted by Gasteiger charge is -2.16. The fourth-order valence-electron chi connectivity index (χ4n) is 2.02. The van der Waals surface area contributed by atoms with Gasteiger partial charge in [-0.05, 0) is 22.8 Å². The summed E-state index contributed by atoms with van der Waals surface area (Å²) in [6.07, 6.45) is 3.84. The topological polar surface area (TPSA) is 12.9 Å². The first-order valence-corrected chi connectivity index (χ1v) is 6.79. The second-order valence-electron chi connectivity index (χ2n) is 3.54. The van der Waals surface area contributed by atoms with Crippen LogP contribution in [-0.4, -0.2) is 4.98 Å². The minimum atomic E-state index is 0.0599. The lowest BCUT2D eigenvalue weighted by atomic mass is 10.1. The Labute approximate surface area is 116 Å². The van der Waals surface area contributed by atoms with Gasteiger partial charge in [0.1, 0.15) is 1.43 Å². The Balaban J connectivity index is 2.42. The lowest BCUT2D eigenvalue weighted by molar-refractivity contribution is 1.20. The van der Waals surface area contributed by atoms with Gasteiger partial charge < -0.3 is 0 Å². The van der Waals surface area contributed by atoms with E-state index in [9.17, 15) is 0 Å². The van der Waals surface area contributed by atoms with Gasteiger partial charge in [0.25, 0.3) is 0 Å². The van der Waals surface area contributed by atoms with Crippen LogP contribution in [0.2, 0.25) is 0 Å². The molecule has 0 radical (unpaired) electrons. The van der Waals surface area contributed by atoms with E-state index in [2.05, 4.69) is 80.5 Å². The highest BCUT2D eigenvalue weighted by Crippen LogP contribution is 2.56. The number of alkyl halides is 2. The second-order valence-corrected chi connectivity index (χ2v) is 8.84. The summed E-state index contributed by atoms with van der Waals surface area (Å²) in [5, 5.41) is 0. The summed E-state index contributed by atoms with van der Waals surface area (Å²) in [5.74, 6) is 0. The van der Waals surface area contributed by atoms with Crippen molar-refractivity contribution in [3.63, 3.8) is 0 Å². The summed E-state index contributed by atoms with van der Waals surface area (Å²) in [5.41, 5.74) is 5.34. The molecule has 74 valence electrons. The van der Waals surface area contributed by atoms with Gasteiger partial charge in [0, 0.05) is 18.0 Å². The molecule has 2 aromatic rings. The van der Waals surface area contributed by atoms with E-state index in [0.717, 1.165) is 0 Å². The van der Waals surface area contributed by atoms with E-state index in [1.165, 1.54) is 22.3 Å². The SMILES string of the molecule is IC1(I)c2ccccc2-c2cnccc21. The van der Waals surface area contributed by atoms with Gasteiger partial charge in [-0.3, -0.25) is 4.98 Å². The van der Waals surface area contributed by atoms with Crippen molar-refractivity contribution in [1.29, 1.82) is 0 Å². The van der Waals surface area contributed by atoms with Crippen molar-refractivity contribution in [1.82, 2.24) is 4.98 Å². The van der Waals surface area contributed by atoms with Crippen molar-refractivity contribution in [2.75, 3.05) is 0 Å². The molecule has 1 heterocycles. The van der Waals surface area contributed by atoms with Crippen LogP contribution in [0.4, 0.5) is 0 Å². The Morgan fingerprint density at radius 3 is 2.53 bits per heavy atom. The van der Waals surface area contributed by atoms with Gasteiger partial charge in [0.2, 0.25) is 0 Å². The summed E-state index contributed by atoms with van der Waals surface area (Å²) < 4.78 is 0.0599. The number of rotatable bonds is 0. The van der Waals surface area contributed by atoms with E-state index in [4.69, 9.17) is 0 Å². The van der Waals surface area contributed by atoms with Crippen LogP contribution in [-0.2, 0) is 1.43 Å². The molecule has 1 aliphatic carbocycles. The van der Waals surface area contributed by atoms with Crippen molar-refractivity contribution < 1.29 is 0 Å². The molecule has 1 nitrogen and oxygen atoms in total. The molecule has 1 aliphatic rings. The largest absolute Gasteiger partial charge is 0.264 e. The summed E-state index contributed by atoms with van der Waals surface area (Å²) in [6, 6.07) is 10.7. The molecule has 0 unspecified atom stereocenters. The van der Waals surface area contributed by atoms with Crippen LogP contribution < -0.4 is 0 Å². The van der Waals surface area contributed by atoms with Crippen LogP contribution in [0.3, 0.4) is 0 Å². The van der Waals surface area contributed by atoms with E-state index in [1.54, 1.807) is 0 Å². The molecule has 1 aromatic carbocycles. The first-order valence-electron chi connectivity index (χ1n) is 4.63. The number of nitrogens with zero attached hydrogens (tertiary/aromatic N) is 1. The van der Waals surface area contributed by atoms with Gasteiger partial charge in [0.05, 0.1) is 0 Å². The molecule has 3 rings (SSSR count). The zero-order valence-corrected chi connectivity index (χ0v) is 12.1. The molecule has 0 N–H and O–H groups in total. The molecule has 0 spiro atoms. The maximum atomic E-state index is 4.21. The average molecular weight is 419 g/mol. The van der Waals surface area contributed by atoms with Crippen LogP contribution >= 0.6 is 45.2 Å². The molecule has 0 aliphatic heterocycles. The van der Waals surface area contributed by atoms with E-state index in [-0.39, 0.29) is 1.43 Å². The van der Waals surface area contributed by atoms with Crippen LogP contribution in [0.1, 0.15) is 11.1 Å². The standard InChI is InChI=1S/C12H7I2N/c13-12(14)10-4-2-1-3-8(10)9-7-15-6-5-11(9)12/h1-7H. The van der Waals surface area contributed by atoms with Gasteiger partial charge >= 0.3 is 0 Å². The van der Waals surface area contributed by atoms with Gasteiger partial charge in [0.15, 0.2) is 0 Å². The van der Waals surface area contributed by atoms with Crippen LogP contribution in [0.25, 0.3) is 11.1 Å². The van der Waals surface area contributed by atoms with E-state index in [0.29, 0.717) is 0 Å². The number of aromatic nitrogens is 1.